The average Bonchev–Trinajstić information content (AvgIpc) is 2.70. The molecule has 0 saturated carbocycles. The fraction of sp³-hybridized carbons (Fsp3) is 0.600. The minimum Gasteiger partial charge on any atom is -0.380 e. The number of hydrogen-bond acceptors (Lipinski definition) is 3. The molecule has 1 heterocycles. The Morgan fingerprint density at radius 1 is 1.75 bits per heavy atom. The molecule has 0 aliphatic rings. The van der Waals surface area contributed by atoms with Crippen LogP contribution in [-0.2, 0) is 9.53 Å². The summed E-state index contributed by atoms with van der Waals surface area (Å²) in [5.74, 6) is -0.0977. The largest absolute Gasteiger partial charge is 0.380 e. The van der Waals surface area contributed by atoms with Crippen LogP contribution in [-0.4, -0.2) is 35.4 Å². The Kier molecular flexibility index (Phi) is 5.28. The van der Waals surface area contributed by atoms with Gasteiger partial charge in [-0.05, 0) is 13.8 Å². The third-order valence-corrected chi connectivity index (χ3v) is 2.29. The number of hydrogen-bond donors (Lipinski definition) is 1. The van der Waals surface area contributed by atoms with E-state index in [4.69, 9.17) is 16.3 Å². The Hall–Kier alpha value is -1.07. The van der Waals surface area contributed by atoms with Gasteiger partial charge in [0.2, 0.25) is 5.91 Å². The van der Waals surface area contributed by atoms with Gasteiger partial charge in [0.1, 0.15) is 6.04 Å². The Bertz CT molecular complexity index is 341. The molecule has 5 nitrogen and oxygen atoms in total. The van der Waals surface area contributed by atoms with Crippen LogP contribution in [0.1, 0.15) is 19.9 Å². The number of halogens is 1. The molecule has 6 heteroatoms. The molecule has 0 aliphatic heterocycles. The number of nitrogens with one attached hydrogen (secondary N) is 1. The first-order valence-corrected chi connectivity index (χ1v) is 5.58. The second kappa shape index (κ2) is 6.50. The lowest BCUT2D eigenvalue weighted by Crippen LogP contribution is -2.33. The van der Waals surface area contributed by atoms with Crippen LogP contribution in [0.5, 0.6) is 0 Å². The van der Waals surface area contributed by atoms with Gasteiger partial charge in [0.05, 0.1) is 17.8 Å². The quantitative estimate of drug-likeness (QED) is 0.768. The highest BCUT2D eigenvalue weighted by Crippen LogP contribution is 2.10. The van der Waals surface area contributed by atoms with Crippen molar-refractivity contribution in [2.75, 3.05) is 19.8 Å². The lowest BCUT2D eigenvalue weighted by molar-refractivity contribution is -0.124. The topological polar surface area (TPSA) is 56.1 Å². The van der Waals surface area contributed by atoms with Crippen LogP contribution in [0, 0.1) is 0 Å². The van der Waals surface area contributed by atoms with Crippen molar-refractivity contribution in [3.63, 3.8) is 0 Å². The van der Waals surface area contributed by atoms with Crippen LogP contribution < -0.4 is 5.32 Å². The molecule has 0 fully saturated rings. The Labute approximate surface area is 99.7 Å². The normalized spacial score (nSPS) is 12.4. The number of rotatable bonds is 6. The van der Waals surface area contributed by atoms with Crippen molar-refractivity contribution < 1.29 is 9.53 Å². The van der Waals surface area contributed by atoms with E-state index in [9.17, 15) is 4.79 Å². The first-order chi connectivity index (χ1) is 7.65. The minimum absolute atomic E-state index is 0.0977. The zero-order valence-corrected chi connectivity index (χ0v) is 10.2. The number of carbonyl (C=O) groups is 1. The van der Waals surface area contributed by atoms with Gasteiger partial charge >= 0.3 is 0 Å². The molecule has 1 amide bonds. The standard InChI is InChI=1S/C10H16ClN3O2/c1-3-16-5-4-12-10(15)8(2)14-7-9(11)6-13-14/h6-8H,3-5H2,1-2H3,(H,12,15). The van der Waals surface area contributed by atoms with Crippen LogP contribution in [0.25, 0.3) is 0 Å². The Morgan fingerprint density at radius 2 is 2.50 bits per heavy atom. The van der Waals surface area contributed by atoms with Gasteiger partial charge in [-0.1, -0.05) is 11.6 Å². The highest BCUT2D eigenvalue weighted by Gasteiger charge is 2.14. The smallest absolute Gasteiger partial charge is 0.244 e. The van der Waals surface area contributed by atoms with E-state index in [-0.39, 0.29) is 11.9 Å². The highest BCUT2D eigenvalue weighted by molar-refractivity contribution is 6.30. The first kappa shape index (κ1) is 13.0. The summed E-state index contributed by atoms with van der Waals surface area (Å²) < 4.78 is 6.64. The molecule has 1 aromatic heterocycles. The fourth-order valence-corrected chi connectivity index (χ4v) is 1.33. The van der Waals surface area contributed by atoms with Crippen molar-refractivity contribution in [2.45, 2.75) is 19.9 Å². The predicted octanol–water partition coefficient (Wildman–Crippen LogP) is 1.25. The Balaban J connectivity index is 2.36. The van der Waals surface area contributed by atoms with E-state index in [1.807, 2.05) is 6.92 Å². The number of nitrogens with zero attached hydrogens (tertiary/aromatic N) is 2. The molecular weight excluding hydrogens is 230 g/mol. The number of amides is 1. The summed E-state index contributed by atoms with van der Waals surface area (Å²) in [6.45, 7) is 5.36. The molecule has 16 heavy (non-hydrogen) atoms. The molecule has 1 rings (SSSR count). The lowest BCUT2D eigenvalue weighted by atomic mass is 10.3. The molecule has 90 valence electrons. The zero-order valence-electron chi connectivity index (χ0n) is 9.44. The second-order valence-electron chi connectivity index (χ2n) is 3.30. The molecule has 0 bridgehead atoms. The van der Waals surface area contributed by atoms with E-state index >= 15 is 0 Å². The predicted molar refractivity (Wildman–Crippen MR) is 61.5 cm³/mol. The van der Waals surface area contributed by atoms with Gasteiger partial charge in [-0.25, -0.2) is 0 Å². The number of aromatic nitrogens is 2. The van der Waals surface area contributed by atoms with E-state index in [1.165, 1.54) is 10.9 Å². The molecule has 0 radical (unpaired) electrons. The summed E-state index contributed by atoms with van der Waals surface area (Å²) in [5, 5.41) is 7.25. The Morgan fingerprint density at radius 3 is 3.06 bits per heavy atom. The van der Waals surface area contributed by atoms with Crippen LogP contribution in [0.2, 0.25) is 5.02 Å². The maximum atomic E-state index is 11.6. The molecule has 0 aromatic carbocycles. The van der Waals surface area contributed by atoms with E-state index in [2.05, 4.69) is 10.4 Å². The van der Waals surface area contributed by atoms with Gasteiger partial charge in [-0.15, -0.1) is 0 Å². The van der Waals surface area contributed by atoms with Crippen molar-refractivity contribution in [1.29, 1.82) is 0 Å². The fourth-order valence-electron chi connectivity index (χ4n) is 1.19. The molecule has 1 N–H and O–H groups in total. The highest BCUT2D eigenvalue weighted by atomic mass is 35.5. The van der Waals surface area contributed by atoms with E-state index in [0.29, 0.717) is 24.8 Å². The van der Waals surface area contributed by atoms with E-state index < -0.39 is 0 Å². The molecule has 0 saturated heterocycles. The molecule has 0 spiro atoms. The van der Waals surface area contributed by atoms with Crippen LogP contribution in [0.15, 0.2) is 12.4 Å². The van der Waals surface area contributed by atoms with E-state index in [1.54, 1.807) is 13.1 Å². The van der Waals surface area contributed by atoms with Crippen LogP contribution >= 0.6 is 11.6 Å². The summed E-state index contributed by atoms with van der Waals surface area (Å²) in [6, 6.07) is -0.367. The van der Waals surface area contributed by atoms with Gasteiger partial charge in [-0.2, -0.15) is 5.10 Å². The number of carbonyl (C=O) groups excluding carboxylic acids is 1. The summed E-state index contributed by atoms with van der Waals surface area (Å²) in [5.41, 5.74) is 0. The van der Waals surface area contributed by atoms with Crippen molar-refractivity contribution in [1.82, 2.24) is 15.1 Å². The summed E-state index contributed by atoms with van der Waals surface area (Å²) in [7, 11) is 0. The number of ether oxygens (including phenoxy) is 1. The summed E-state index contributed by atoms with van der Waals surface area (Å²) in [4.78, 5) is 11.6. The molecule has 1 aromatic rings. The van der Waals surface area contributed by atoms with E-state index in [0.717, 1.165) is 0 Å². The van der Waals surface area contributed by atoms with Gasteiger partial charge in [0.15, 0.2) is 0 Å². The molecule has 0 aliphatic carbocycles. The van der Waals surface area contributed by atoms with Gasteiger partial charge in [0.25, 0.3) is 0 Å². The van der Waals surface area contributed by atoms with Gasteiger partial charge in [0, 0.05) is 19.3 Å². The second-order valence-corrected chi connectivity index (χ2v) is 3.74. The third-order valence-electron chi connectivity index (χ3n) is 2.10. The molecular formula is C10H16ClN3O2. The van der Waals surface area contributed by atoms with Crippen molar-refractivity contribution in [2.24, 2.45) is 0 Å². The van der Waals surface area contributed by atoms with Crippen LogP contribution in [0.3, 0.4) is 0 Å². The SMILES string of the molecule is CCOCCNC(=O)C(C)n1cc(Cl)cn1. The maximum absolute atomic E-state index is 11.6. The maximum Gasteiger partial charge on any atom is 0.244 e. The zero-order chi connectivity index (χ0) is 12.0. The summed E-state index contributed by atoms with van der Waals surface area (Å²) in [6.07, 6.45) is 3.12. The van der Waals surface area contributed by atoms with Crippen molar-refractivity contribution in [3.05, 3.63) is 17.4 Å². The van der Waals surface area contributed by atoms with Gasteiger partial charge in [-0.3, -0.25) is 9.48 Å². The average molecular weight is 246 g/mol. The first-order valence-electron chi connectivity index (χ1n) is 5.20. The van der Waals surface area contributed by atoms with Gasteiger partial charge < -0.3 is 10.1 Å². The minimum atomic E-state index is -0.367. The van der Waals surface area contributed by atoms with Crippen LogP contribution in [0.4, 0.5) is 0 Å². The third kappa shape index (κ3) is 3.83. The molecule has 1 atom stereocenters. The van der Waals surface area contributed by atoms with Crippen molar-refractivity contribution >= 4 is 17.5 Å². The molecule has 1 unspecified atom stereocenters. The summed E-state index contributed by atoms with van der Waals surface area (Å²) >= 11 is 5.72. The monoisotopic (exact) mass is 245 g/mol. The lowest BCUT2D eigenvalue weighted by Gasteiger charge is -2.12. The van der Waals surface area contributed by atoms with Crippen molar-refractivity contribution in [3.8, 4) is 0 Å².